The molecule has 92 valence electrons. The Morgan fingerprint density at radius 1 is 1.41 bits per heavy atom. The van der Waals surface area contributed by atoms with Crippen molar-refractivity contribution in [1.29, 1.82) is 0 Å². The van der Waals surface area contributed by atoms with Crippen LogP contribution in [0.5, 0.6) is 0 Å². The van der Waals surface area contributed by atoms with Crippen molar-refractivity contribution in [3.05, 3.63) is 28.2 Å². The summed E-state index contributed by atoms with van der Waals surface area (Å²) in [6, 6.07) is 0. The number of aryl methyl sites for hydroxylation is 1. The Kier molecular flexibility index (Phi) is 3.26. The van der Waals surface area contributed by atoms with Gasteiger partial charge in [0.15, 0.2) is 0 Å². The van der Waals surface area contributed by atoms with E-state index >= 15 is 0 Å². The largest absolute Gasteiger partial charge is 0.317 e. The average molecular weight is 251 g/mol. The highest BCUT2D eigenvalue weighted by Crippen LogP contribution is 2.22. The van der Waals surface area contributed by atoms with Crippen LogP contribution >= 0.6 is 11.3 Å². The summed E-state index contributed by atoms with van der Waals surface area (Å²) in [6.45, 7) is 6.87. The molecule has 0 spiro atoms. The van der Waals surface area contributed by atoms with E-state index in [1.54, 1.807) is 11.3 Å². The van der Waals surface area contributed by atoms with E-state index in [1.165, 1.54) is 0 Å². The van der Waals surface area contributed by atoms with Crippen LogP contribution in [0.1, 0.15) is 30.5 Å². The van der Waals surface area contributed by atoms with Crippen LogP contribution in [0.3, 0.4) is 0 Å². The zero-order valence-corrected chi connectivity index (χ0v) is 11.4. The third-order valence-corrected chi connectivity index (χ3v) is 3.93. The Bertz CT molecular complexity index is 486. The number of thiazole rings is 1. The minimum Gasteiger partial charge on any atom is -0.317 e. The third-order valence-electron chi connectivity index (χ3n) is 2.84. The van der Waals surface area contributed by atoms with Gasteiger partial charge in [-0.25, -0.2) is 4.98 Å². The zero-order chi connectivity index (χ0) is 12.5. The molecule has 1 N–H and O–H groups in total. The van der Waals surface area contributed by atoms with Crippen molar-refractivity contribution in [3.8, 4) is 0 Å². The van der Waals surface area contributed by atoms with Gasteiger partial charge < -0.3 is 4.57 Å². The maximum absolute atomic E-state index is 4.34. The first-order valence-electron chi connectivity index (χ1n) is 5.50. The Morgan fingerprint density at radius 2 is 2.18 bits per heavy atom. The summed E-state index contributed by atoms with van der Waals surface area (Å²) in [4.78, 5) is 4.34. The highest BCUT2D eigenvalue weighted by molar-refractivity contribution is 7.09. The third kappa shape index (κ3) is 2.53. The van der Waals surface area contributed by atoms with Crippen LogP contribution in [0.4, 0.5) is 0 Å². The molecule has 17 heavy (non-hydrogen) atoms. The van der Waals surface area contributed by atoms with Crippen LogP contribution in [-0.2, 0) is 19.1 Å². The second-order valence-electron chi connectivity index (χ2n) is 4.54. The van der Waals surface area contributed by atoms with Gasteiger partial charge in [0.25, 0.3) is 0 Å². The Hall–Kier alpha value is -1.27. The minimum atomic E-state index is -0.145. The maximum Gasteiger partial charge on any atom is 0.146 e. The predicted octanol–water partition coefficient (Wildman–Crippen LogP) is 1.60. The molecule has 0 aliphatic rings. The summed E-state index contributed by atoms with van der Waals surface area (Å²) in [5.74, 6) is 1.86. The molecule has 2 aromatic heterocycles. The highest BCUT2D eigenvalue weighted by Gasteiger charge is 2.23. The summed E-state index contributed by atoms with van der Waals surface area (Å²) < 4.78 is 1.99. The number of nitrogens with zero attached hydrogens (tertiary/aromatic N) is 4. The van der Waals surface area contributed by atoms with Crippen molar-refractivity contribution in [1.82, 2.24) is 25.1 Å². The van der Waals surface area contributed by atoms with E-state index in [4.69, 9.17) is 0 Å². The molecule has 0 saturated carbocycles. The van der Waals surface area contributed by atoms with Crippen molar-refractivity contribution in [2.75, 3.05) is 0 Å². The fraction of sp³-hybridized carbons (Fsp3) is 0.545. The van der Waals surface area contributed by atoms with E-state index < -0.39 is 0 Å². The van der Waals surface area contributed by atoms with Crippen LogP contribution in [0.2, 0.25) is 0 Å². The van der Waals surface area contributed by atoms with Gasteiger partial charge in [-0.1, -0.05) is 0 Å². The van der Waals surface area contributed by atoms with Crippen molar-refractivity contribution < 1.29 is 0 Å². The maximum atomic E-state index is 4.34. The van der Waals surface area contributed by atoms with Crippen molar-refractivity contribution in [2.45, 2.75) is 32.9 Å². The molecule has 0 bridgehead atoms. The molecule has 6 heteroatoms. The summed E-state index contributed by atoms with van der Waals surface area (Å²) >= 11 is 1.66. The van der Waals surface area contributed by atoms with E-state index in [0.717, 1.165) is 16.7 Å². The zero-order valence-electron chi connectivity index (χ0n) is 10.6. The molecule has 0 saturated heterocycles. The van der Waals surface area contributed by atoms with Crippen LogP contribution in [-0.4, -0.2) is 19.7 Å². The van der Waals surface area contributed by atoms with Gasteiger partial charge in [0.1, 0.15) is 16.7 Å². The van der Waals surface area contributed by atoms with Gasteiger partial charge in [-0.05, 0) is 20.8 Å². The highest BCUT2D eigenvalue weighted by atomic mass is 32.1. The Morgan fingerprint density at radius 3 is 2.71 bits per heavy atom. The normalized spacial score (nSPS) is 12.0. The Balaban J connectivity index is 2.05. The smallest absolute Gasteiger partial charge is 0.146 e. The molecule has 0 unspecified atom stereocenters. The SMILES string of the molecule is Cc1nnc(CNC(C)(C)c2nccs2)n1C. The van der Waals surface area contributed by atoms with E-state index in [1.807, 2.05) is 30.1 Å². The topological polar surface area (TPSA) is 55.6 Å². The van der Waals surface area contributed by atoms with E-state index in [0.29, 0.717) is 6.54 Å². The summed E-state index contributed by atoms with van der Waals surface area (Å²) in [5, 5.41) is 14.7. The first-order chi connectivity index (χ1) is 8.00. The number of hydrogen-bond donors (Lipinski definition) is 1. The summed E-state index contributed by atoms with van der Waals surface area (Å²) in [7, 11) is 1.97. The Labute approximate surface area is 105 Å². The second-order valence-corrected chi connectivity index (χ2v) is 5.43. The number of nitrogens with one attached hydrogen (secondary N) is 1. The number of hydrogen-bond acceptors (Lipinski definition) is 5. The molecule has 5 nitrogen and oxygen atoms in total. The van der Waals surface area contributed by atoms with Crippen LogP contribution in [0.15, 0.2) is 11.6 Å². The summed E-state index contributed by atoms with van der Waals surface area (Å²) in [6.07, 6.45) is 1.83. The quantitative estimate of drug-likeness (QED) is 0.897. The second kappa shape index (κ2) is 4.54. The molecule has 0 aliphatic carbocycles. The molecule has 0 amide bonds. The number of rotatable bonds is 4. The lowest BCUT2D eigenvalue weighted by Crippen LogP contribution is -2.36. The van der Waals surface area contributed by atoms with Crippen molar-refractivity contribution in [3.63, 3.8) is 0 Å². The molecule has 0 fully saturated rings. The van der Waals surface area contributed by atoms with Crippen molar-refractivity contribution >= 4 is 11.3 Å². The molecule has 0 radical (unpaired) electrons. The molecule has 0 atom stereocenters. The van der Waals surface area contributed by atoms with E-state index in [2.05, 4.69) is 34.3 Å². The lowest BCUT2D eigenvalue weighted by Gasteiger charge is -2.23. The van der Waals surface area contributed by atoms with Gasteiger partial charge in [0, 0.05) is 18.6 Å². The van der Waals surface area contributed by atoms with Gasteiger partial charge in [-0.3, -0.25) is 5.32 Å². The van der Waals surface area contributed by atoms with Gasteiger partial charge in [0.05, 0.1) is 12.1 Å². The summed E-state index contributed by atoms with van der Waals surface area (Å²) in [5.41, 5.74) is -0.145. The van der Waals surface area contributed by atoms with Gasteiger partial charge in [0.2, 0.25) is 0 Å². The molecule has 2 heterocycles. The lowest BCUT2D eigenvalue weighted by molar-refractivity contribution is 0.390. The molecular weight excluding hydrogens is 234 g/mol. The molecule has 2 rings (SSSR count). The van der Waals surface area contributed by atoms with Crippen LogP contribution < -0.4 is 5.32 Å². The van der Waals surface area contributed by atoms with Gasteiger partial charge in [-0.2, -0.15) is 0 Å². The molecule has 0 aliphatic heterocycles. The first kappa shape index (κ1) is 12.2. The number of aromatic nitrogens is 4. The first-order valence-corrected chi connectivity index (χ1v) is 6.38. The van der Waals surface area contributed by atoms with Crippen LogP contribution in [0, 0.1) is 6.92 Å². The van der Waals surface area contributed by atoms with Gasteiger partial charge in [-0.15, -0.1) is 21.5 Å². The van der Waals surface area contributed by atoms with Gasteiger partial charge >= 0.3 is 0 Å². The average Bonchev–Trinajstić information content (AvgIpc) is 2.90. The molecule has 2 aromatic rings. The molecular formula is C11H17N5S. The predicted molar refractivity (Wildman–Crippen MR) is 67.7 cm³/mol. The fourth-order valence-corrected chi connectivity index (χ4v) is 2.25. The standard InChI is InChI=1S/C11H17N5S/c1-8-14-15-9(16(8)4)7-13-11(2,3)10-12-5-6-17-10/h5-6,13H,7H2,1-4H3. The monoisotopic (exact) mass is 251 g/mol. The lowest BCUT2D eigenvalue weighted by atomic mass is 10.1. The van der Waals surface area contributed by atoms with E-state index in [-0.39, 0.29) is 5.54 Å². The molecule has 0 aromatic carbocycles. The van der Waals surface area contributed by atoms with Crippen molar-refractivity contribution in [2.24, 2.45) is 7.05 Å². The van der Waals surface area contributed by atoms with E-state index in [9.17, 15) is 0 Å². The fourth-order valence-electron chi connectivity index (χ4n) is 1.51. The minimum absolute atomic E-state index is 0.145. The van der Waals surface area contributed by atoms with Crippen LogP contribution in [0.25, 0.3) is 0 Å².